The number of rotatable bonds is 2. The van der Waals surface area contributed by atoms with Gasteiger partial charge in [-0.25, -0.2) is 0 Å². The molecule has 0 N–H and O–H groups in total. The molecule has 0 bridgehead atoms. The Balaban J connectivity index is 3.35. The van der Waals surface area contributed by atoms with Crippen molar-refractivity contribution < 1.29 is 9.53 Å². The number of benzene rings is 1. The van der Waals surface area contributed by atoms with Crippen molar-refractivity contribution in [2.75, 3.05) is 7.11 Å². The Morgan fingerprint density at radius 2 is 2.17 bits per heavy atom. The Morgan fingerprint density at radius 1 is 1.50 bits per heavy atom. The van der Waals surface area contributed by atoms with Crippen LogP contribution in [-0.4, -0.2) is 21.2 Å². The number of carbonyl (C=O) groups is 1. The molecule has 0 aromatic heterocycles. The number of carbonyl (C=O) groups excluding carboxylic acids is 1. The SMILES string of the molecule is [B]c1ccc(OC)c(C=O)c1C. The van der Waals surface area contributed by atoms with E-state index in [1.165, 1.54) is 7.11 Å². The van der Waals surface area contributed by atoms with Crippen molar-refractivity contribution in [3.05, 3.63) is 23.3 Å². The fourth-order valence-electron chi connectivity index (χ4n) is 1.05. The van der Waals surface area contributed by atoms with E-state index in [1.807, 2.05) is 0 Å². The summed E-state index contributed by atoms with van der Waals surface area (Å²) >= 11 is 0. The zero-order valence-corrected chi connectivity index (χ0v) is 7.13. The normalized spacial score (nSPS) is 9.50. The molecule has 1 aromatic carbocycles. The van der Waals surface area contributed by atoms with E-state index >= 15 is 0 Å². The fraction of sp³-hybridized carbons (Fsp3) is 0.222. The molecular weight excluding hydrogens is 151 g/mol. The molecule has 0 heterocycles. The van der Waals surface area contributed by atoms with Crippen LogP contribution >= 0.6 is 0 Å². The van der Waals surface area contributed by atoms with Crippen LogP contribution in [-0.2, 0) is 0 Å². The van der Waals surface area contributed by atoms with Crippen LogP contribution in [0.2, 0.25) is 0 Å². The maximum absolute atomic E-state index is 10.6. The van der Waals surface area contributed by atoms with E-state index in [2.05, 4.69) is 0 Å². The number of hydrogen-bond acceptors (Lipinski definition) is 2. The molecule has 0 aliphatic carbocycles. The van der Waals surface area contributed by atoms with E-state index < -0.39 is 0 Å². The summed E-state index contributed by atoms with van der Waals surface area (Å²) in [5.41, 5.74) is 1.90. The molecule has 3 heteroatoms. The Labute approximate surface area is 73.0 Å². The van der Waals surface area contributed by atoms with Crippen LogP contribution in [0.5, 0.6) is 5.75 Å². The summed E-state index contributed by atoms with van der Waals surface area (Å²) in [6.07, 6.45) is 0.754. The molecule has 0 aliphatic heterocycles. The maximum atomic E-state index is 10.6. The highest BCUT2D eigenvalue weighted by atomic mass is 16.5. The number of hydrogen-bond donors (Lipinski definition) is 0. The third kappa shape index (κ3) is 1.35. The Kier molecular flexibility index (Phi) is 2.53. The predicted octanol–water partition coefficient (Wildman–Crippen LogP) is 0.610. The summed E-state index contributed by atoms with van der Waals surface area (Å²) in [5, 5.41) is 0. The lowest BCUT2D eigenvalue weighted by Crippen LogP contribution is -2.10. The summed E-state index contributed by atoms with van der Waals surface area (Å²) in [6, 6.07) is 3.41. The van der Waals surface area contributed by atoms with E-state index in [-0.39, 0.29) is 0 Å². The second-order valence-electron chi connectivity index (χ2n) is 2.51. The lowest BCUT2D eigenvalue weighted by molar-refractivity contribution is 0.112. The summed E-state index contributed by atoms with van der Waals surface area (Å²) in [7, 11) is 7.13. The van der Waals surface area contributed by atoms with Gasteiger partial charge in [-0.05, 0) is 18.6 Å². The van der Waals surface area contributed by atoms with Gasteiger partial charge >= 0.3 is 0 Å². The molecule has 0 amide bonds. The first-order valence-corrected chi connectivity index (χ1v) is 3.59. The lowest BCUT2D eigenvalue weighted by Gasteiger charge is -2.08. The van der Waals surface area contributed by atoms with Crippen molar-refractivity contribution in [3.63, 3.8) is 0 Å². The van der Waals surface area contributed by atoms with E-state index in [0.717, 1.165) is 11.8 Å². The van der Waals surface area contributed by atoms with Crippen molar-refractivity contribution in [1.29, 1.82) is 0 Å². The van der Waals surface area contributed by atoms with E-state index in [4.69, 9.17) is 12.6 Å². The zero-order valence-electron chi connectivity index (χ0n) is 7.13. The average Bonchev–Trinajstić information content (AvgIpc) is 2.09. The standard InChI is InChI=1S/C9H9BO2/c1-6-7(5-11)9(12-2)4-3-8(6)10/h3-5H,1-2H3. The molecule has 0 spiro atoms. The number of aldehydes is 1. The number of methoxy groups -OCH3 is 1. The van der Waals surface area contributed by atoms with Crippen molar-refractivity contribution in [2.45, 2.75) is 6.92 Å². The van der Waals surface area contributed by atoms with Crippen LogP contribution in [0.25, 0.3) is 0 Å². The molecule has 1 rings (SSSR count). The average molecular weight is 160 g/mol. The highest BCUT2D eigenvalue weighted by molar-refractivity contribution is 6.33. The van der Waals surface area contributed by atoms with Gasteiger partial charge in [0.25, 0.3) is 0 Å². The first kappa shape index (κ1) is 8.85. The van der Waals surface area contributed by atoms with Crippen LogP contribution in [0.15, 0.2) is 12.1 Å². The second-order valence-corrected chi connectivity index (χ2v) is 2.51. The van der Waals surface area contributed by atoms with Gasteiger partial charge in [0, 0.05) is 0 Å². The summed E-state index contributed by atoms with van der Waals surface area (Å²) in [4.78, 5) is 10.6. The minimum atomic E-state index is 0.525. The van der Waals surface area contributed by atoms with E-state index in [0.29, 0.717) is 16.8 Å². The van der Waals surface area contributed by atoms with Gasteiger partial charge in [-0.15, -0.1) is 0 Å². The molecule has 0 saturated heterocycles. The molecule has 0 unspecified atom stereocenters. The van der Waals surface area contributed by atoms with Gasteiger partial charge in [0.2, 0.25) is 0 Å². The van der Waals surface area contributed by atoms with E-state index in [1.54, 1.807) is 19.1 Å². The first-order valence-electron chi connectivity index (χ1n) is 3.59. The third-order valence-corrected chi connectivity index (χ3v) is 1.85. The topological polar surface area (TPSA) is 26.3 Å². The van der Waals surface area contributed by atoms with Crippen LogP contribution in [0.3, 0.4) is 0 Å². The first-order chi connectivity index (χ1) is 5.70. The highest BCUT2D eigenvalue weighted by Crippen LogP contribution is 2.17. The van der Waals surface area contributed by atoms with Gasteiger partial charge < -0.3 is 4.74 Å². The third-order valence-electron chi connectivity index (χ3n) is 1.85. The molecule has 0 fully saturated rings. The monoisotopic (exact) mass is 160 g/mol. The molecule has 0 saturated carbocycles. The molecule has 2 nitrogen and oxygen atoms in total. The maximum Gasteiger partial charge on any atom is 0.154 e. The Morgan fingerprint density at radius 3 is 2.67 bits per heavy atom. The quantitative estimate of drug-likeness (QED) is 0.468. The lowest BCUT2D eigenvalue weighted by atomic mass is 9.88. The fourth-order valence-corrected chi connectivity index (χ4v) is 1.05. The van der Waals surface area contributed by atoms with Crippen molar-refractivity contribution in [3.8, 4) is 5.75 Å². The van der Waals surface area contributed by atoms with Gasteiger partial charge in [0.1, 0.15) is 13.6 Å². The largest absolute Gasteiger partial charge is 0.496 e. The zero-order chi connectivity index (χ0) is 9.14. The predicted molar refractivity (Wildman–Crippen MR) is 48.5 cm³/mol. The number of ether oxygens (including phenoxy) is 1. The Bertz CT molecular complexity index is 308. The van der Waals surface area contributed by atoms with Crippen LogP contribution in [0.1, 0.15) is 15.9 Å². The molecule has 2 radical (unpaired) electrons. The summed E-state index contributed by atoms with van der Waals surface area (Å²) in [6.45, 7) is 1.79. The molecular formula is C9H9BO2. The summed E-state index contributed by atoms with van der Waals surface area (Å²) < 4.78 is 4.99. The second kappa shape index (κ2) is 3.43. The summed E-state index contributed by atoms with van der Waals surface area (Å²) in [5.74, 6) is 0.566. The van der Waals surface area contributed by atoms with Gasteiger partial charge in [-0.1, -0.05) is 11.5 Å². The molecule has 12 heavy (non-hydrogen) atoms. The molecule has 1 aromatic rings. The highest BCUT2D eigenvalue weighted by Gasteiger charge is 2.05. The van der Waals surface area contributed by atoms with Gasteiger partial charge in [0.05, 0.1) is 12.7 Å². The van der Waals surface area contributed by atoms with E-state index in [9.17, 15) is 4.79 Å². The molecule has 0 aliphatic rings. The molecule has 0 atom stereocenters. The minimum absolute atomic E-state index is 0.525. The van der Waals surface area contributed by atoms with Crippen LogP contribution < -0.4 is 10.2 Å². The van der Waals surface area contributed by atoms with Gasteiger partial charge in [0.15, 0.2) is 6.29 Å². The smallest absolute Gasteiger partial charge is 0.154 e. The van der Waals surface area contributed by atoms with Crippen molar-refractivity contribution >= 4 is 19.6 Å². The van der Waals surface area contributed by atoms with Crippen molar-refractivity contribution in [2.24, 2.45) is 0 Å². The van der Waals surface area contributed by atoms with Crippen LogP contribution in [0.4, 0.5) is 0 Å². The minimum Gasteiger partial charge on any atom is -0.496 e. The van der Waals surface area contributed by atoms with Crippen molar-refractivity contribution in [1.82, 2.24) is 0 Å². The Hall–Kier alpha value is -1.25. The van der Waals surface area contributed by atoms with Crippen LogP contribution in [0, 0.1) is 6.92 Å². The van der Waals surface area contributed by atoms with Gasteiger partial charge in [-0.2, -0.15) is 0 Å². The molecule has 60 valence electrons. The van der Waals surface area contributed by atoms with Gasteiger partial charge in [-0.3, -0.25) is 4.79 Å².